The number of hydrogen-bond acceptors (Lipinski definition) is 3. The molecule has 0 saturated heterocycles. The monoisotopic (exact) mass is 258 g/mol. The van der Waals surface area contributed by atoms with E-state index >= 15 is 0 Å². The van der Waals surface area contributed by atoms with E-state index in [1.807, 2.05) is 37.4 Å². The first-order valence-electron chi connectivity index (χ1n) is 6.98. The van der Waals surface area contributed by atoms with Crippen LogP contribution < -0.4 is 0 Å². The van der Waals surface area contributed by atoms with E-state index in [4.69, 9.17) is 0 Å². The van der Waals surface area contributed by atoms with Crippen molar-refractivity contribution in [1.82, 2.24) is 4.90 Å². The summed E-state index contributed by atoms with van der Waals surface area (Å²) in [6.07, 6.45) is 4.01. The van der Waals surface area contributed by atoms with Crippen LogP contribution in [0.5, 0.6) is 0 Å². The van der Waals surface area contributed by atoms with Gasteiger partial charge in [0.05, 0.1) is 17.6 Å². The van der Waals surface area contributed by atoms with E-state index in [1.54, 1.807) is 0 Å². The van der Waals surface area contributed by atoms with Gasteiger partial charge in [-0.05, 0) is 25.5 Å². The van der Waals surface area contributed by atoms with Gasteiger partial charge in [0.1, 0.15) is 0 Å². The second kappa shape index (κ2) is 6.18. The first-order valence-corrected chi connectivity index (χ1v) is 6.98. The number of benzene rings is 1. The zero-order chi connectivity index (χ0) is 13.7. The predicted molar refractivity (Wildman–Crippen MR) is 75.7 cm³/mol. The Morgan fingerprint density at radius 1 is 1.32 bits per heavy atom. The molecule has 0 spiro atoms. The molecule has 0 heterocycles. The summed E-state index contributed by atoms with van der Waals surface area (Å²) in [7, 11) is 1.99. The van der Waals surface area contributed by atoms with Gasteiger partial charge in [-0.1, -0.05) is 43.2 Å². The van der Waals surface area contributed by atoms with Crippen molar-refractivity contribution in [3.05, 3.63) is 35.9 Å². The molecule has 0 amide bonds. The minimum absolute atomic E-state index is 0.129. The molecule has 1 unspecified atom stereocenters. The number of nitrogens with zero attached hydrogens (tertiary/aromatic N) is 2. The first-order chi connectivity index (χ1) is 9.13. The molecule has 1 aromatic rings. The van der Waals surface area contributed by atoms with Crippen molar-refractivity contribution in [2.24, 2.45) is 0 Å². The summed E-state index contributed by atoms with van der Waals surface area (Å²) < 4.78 is 0. The molecule has 3 nitrogen and oxygen atoms in total. The smallest absolute Gasteiger partial charge is 0.0839 e. The van der Waals surface area contributed by atoms with E-state index in [1.165, 1.54) is 0 Å². The van der Waals surface area contributed by atoms with E-state index in [9.17, 15) is 10.4 Å². The third kappa shape index (κ3) is 3.79. The normalized spacial score (nSPS) is 19.3. The average molecular weight is 258 g/mol. The summed E-state index contributed by atoms with van der Waals surface area (Å²) in [4.78, 5) is 2.09. The molecule has 19 heavy (non-hydrogen) atoms. The van der Waals surface area contributed by atoms with Crippen molar-refractivity contribution in [3.63, 3.8) is 0 Å². The maximum Gasteiger partial charge on any atom is 0.0839 e. The molecule has 1 atom stereocenters. The molecular formula is C16H22N2O. The third-order valence-corrected chi connectivity index (χ3v) is 3.95. The fraction of sp³-hybridized carbons (Fsp3) is 0.562. The number of nitriles is 1. The van der Waals surface area contributed by atoms with Gasteiger partial charge >= 0.3 is 0 Å². The van der Waals surface area contributed by atoms with Gasteiger partial charge in [-0.15, -0.1) is 0 Å². The minimum Gasteiger partial charge on any atom is -0.389 e. The Hall–Kier alpha value is -1.37. The fourth-order valence-corrected chi connectivity index (χ4v) is 2.98. The standard InChI is InChI=1S/C16H22N2O/c1-18(13-16(19)9-5-6-10-16)12-15(11-17)14-7-3-2-4-8-14/h2-4,7-8,15,19H,5-6,9-10,12-13H2,1H3. The summed E-state index contributed by atoms with van der Waals surface area (Å²) in [5.74, 6) is -0.129. The van der Waals surface area contributed by atoms with Crippen LogP contribution in [0.25, 0.3) is 0 Å². The average Bonchev–Trinajstić information content (AvgIpc) is 2.83. The van der Waals surface area contributed by atoms with Crippen molar-refractivity contribution >= 4 is 0 Å². The molecule has 1 aliphatic rings. The quantitative estimate of drug-likeness (QED) is 0.883. The highest BCUT2D eigenvalue weighted by molar-refractivity contribution is 5.25. The van der Waals surface area contributed by atoms with E-state index in [2.05, 4.69) is 11.0 Å². The van der Waals surface area contributed by atoms with Gasteiger partial charge in [0.25, 0.3) is 0 Å². The Labute approximate surface area is 115 Å². The van der Waals surface area contributed by atoms with Crippen LogP contribution >= 0.6 is 0 Å². The second-order valence-corrected chi connectivity index (χ2v) is 5.72. The Morgan fingerprint density at radius 3 is 2.53 bits per heavy atom. The van der Waals surface area contributed by atoms with Crippen molar-refractivity contribution < 1.29 is 5.11 Å². The van der Waals surface area contributed by atoms with Gasteiger partial charge < -0.3 is 10.0 Å². The molecule has 1 N–H and O–H groups in total. The van der Waals surface area contributed by atoms with Crippen molar-refractivity contribution in [1.29, 1.82) is 5.26 Å². The van der Waals surface area contributed by atoms with Crippen molar-refractivity contribution in [2.45, 2.75) is 37.2 Å². The highest BCUT2D eigenvalue weighted by Gasteiger charge is 2.32. The molecule has 0 bridgehead atoms. The molecule has 0 aromatic heterocycles. The molecule has 0 aliphatic heterocycles. The van der Waals surface area contributed by atoms with Crippen LogP contribution in [0.4, 0.5) is 0 Å². The first kappa shape index (κ1) is 14.0. The van der Waals surface area contributed by atoms with Gasteiger partial charge in [0.2, 0.25) is 0 Å². The Balaban J connectivity index is 1.94. The van der Waals surface area contributed by atoms with Crippen LogP contribution in [0, 0.1) is 11.3 Å². The molecule has 0 radical (unpaired) electrons. The molecule has 1 fully saturated rings. The van der Waals surface area contributed by atoms with Crippen molar-refractivity contribution in [3.8, 4) is 6.07 Å². The van der Waals surface area contributed by atoms with Crippen LogP contribution in [0.3, 0.4) is 0 Å². The van der Waals surface area contributed by atoms with Crippen molar-refractivity contribution in [2.75, 3.05) is 20.1 Å². The number of hydrogen-bond donors (Lipinski definition) is 1. The molecule has 1 aromatic carbocycles. The largest absolute Gasteiger partial charge is 0.389 e. The molecule has 1 saturated carbocycles. The topological polar surface area (TPSA) is 47.3 Å². The Bertz CT molecular complexity index is 432. The van der Waals surface area contributed by atoms with Crippen LogP contribution in [0.1, 0.15) is 37.2 Å². The zero-order valence-corrected chi connectivity index (χ0v) is 11.5. The summed E-state index contributed by atoms with van der Waals surface area (Å²) in [6.45, 7) is 1.33. The lowest BCUT2D eigenvalue weighted by Gasteiger charge is -2.29. The molecule has 2 rings (SSSR count). The Morgan fingerprint density at radius 2 is 1.95 bits per heavy atom. The lowest BCUT2D eigenvalue weighted by Crippen LogP contribution is -2.40. The SMILES string of the molecule is CN(CC(C#N)c1ccccc1)CC1(O)CCCC1. The van der Waals surface area contributed by atoms with Gasteiger partial charge in [-0.2, -0.15) is 5.26 Å². The van der Waals surface area contributed by atoms with E-state index in [0.717, 1.165) is 31.2 Å². The number of rotatable bonds is 5. The molecule has 3 heteroatoms. The van der Waals surface area contributed by atoms with Crippen LogP contribution in [0.15, 0.2) is 30.3 Å². The molecular weight excluding hydrogens is 236 g/mol. The molecule has 1 aliphatic carbocycles. The van der Waals surface area contributed by atoms with E-state index in [-0.39, 0.29) is 5.92 Å². The summed E-state index contributed by atoms with van der Waals surface area (Å²) in [5, 5.41) is 19.7. The van der Waals surface area contributed by atoms with E-state index < -0.39 is 5.60 Å². The van der Waals surface area contributed by atoms with Crippen LogP contribution in [-0.2, 0) is 0 Å². The summed E-state index contributed by atoms with van der Waals surface area (Å²) in [5.41, 5.74) is 0.515. The zero-order valence-electron chi connectivity index (χ0n) is 11.5. The van der Waals surface area contributed by atoms with Gasteiger partial charge in [0.15, 0.2) is 0 Å². The number of likely N-dealkylation sites (N-methyl/N-ethyl adjacent to an activating group) is 1. The second-order valence-electron chi connectivity index (χ2n) is 5.72. The minimum atomic E-state index is -0.536. The lowest BCUT2D eigenvalue weighted by atomic mass is 9.98. The summed E-state index contributed by atoms with van der Waals surface area (Å²) in [6, 6.07) is 12.2. The molecule has 102 valence electrons. The van der Waals surface area contributed by atoms with Gasteiger partial charge in [0, 0.05) is 13.1 Å². The highest BCUT2D eigenvalue weighted by Crippen LogP contribution is 2.30. The highest BCUT2D eigenvalue weighted by atomic mass is 16.3. The van der Waals surface area contributed by atoms with Gasteiger partial charge in [-0.3, -0.25) is 0 Å². The lowest BCUT2D eigenvalue weighted by molar-refractivity contribution is 0.0160. The van der Waals surface area contributed by atoms with Gasteiger partial charge in [-0.25, -0.2) is 0 Å². The van der Waals surface area contributed by atoms with Crippen LogP contribution in [-0.4, -0.2) is 35.7 Å². The predicted octanol–water partition coefficient (Wildman–Crippen LogP) is 2.53. The Kier molecular flexibility index (Phi) is 4.57. The maximum atomic E-state index is 10.4. The number of aliphatic hydroxyl groups is 1. The third-order valence-electron chi connectivity index (χ3n) is 3.95. The van der Waals surface area contributed by atoms with Crippen LogP contribution in [0.2, 0.25) is 0 Å². The maximum absolute atomic E-state index is 10.4. The fourth-order valence-electron chi connectivity index (χ4n) is 2.98. The summed E-state index contributed by atoms with van der Waals surface area (Å²) >= 11 is 0. The van der Waals surface area contributed by atoms with E-state index in [0.29, 0.717) is 13.1 Å².